The van der Waals surface area contributed by atoms with Gasteiger partial charge in [-0.25, -0.2) is 23.4 Å². The average molecular weight is 603 g/mol. The van der Waals surface area contributed by atoms with Crippen LogP contribution in [-0.2, 0) is 4.79 Å². The first kappa shape index (κ1) is 29.1. The SMILES string of the molecule is N#C/C(=C\C1CCCNC1)C(=O)N1CCC[C@H](n2nc(-c3ccc(Oc4cccc(F)c4F)cc3F)c3c(N)ncnc32)C1. The normalized spacial score (nSPS) is 19.1. The van der Waals surface area contributed by atoms with Crippen molar-refractivity contribution in [3.63, 3.8) is 0 Å². The van der Waals surface area contributed by atoms with E-state index in [1.807, 2.05) is 0 Å². The van der Waals surface area contributed by atoms with Crippen molar-refractivity contribution in [2.45, 2.75) is 31.7 Å². The zero-order valence-electron chi connectivity index (χ0n) is 23.6. The Hall–Kier alpha value is -4.96. The molecule has 2 aromatic heterocycles. The number of carbonyl (C=O) groups excluding carboxylic acids is 1. The van der Waals surface area contributed by atoms with Gasteiger partial charge in [0.05, 0.1) is 11.4 Å². The molecule has 0 bridgehead atoms. The van der Waals surface area contributed by atoms with Gasteiger partial charge in [-0.15, -0.1) is 0 Å². The summed E-state index contributed by atoms with van der Waals surface area (Å²) in [5.74, 6) is -3.55. The van der Waals surface area contributed by atoms with Crippen LogP contribution in [0, 0.1) is 34.7 Å². The standard InChI is InChI=1S/C31H29F3N8O2/c32-23-6-1-7-25(27(23)34)44-21-8-9-22(24(33)13-21)28-26-29(36)38-17-39-30(26)42(40-28)20-5-3-11-41(16-20)31(43)19(14-35)12-18-4-2-10-37-15-18/h1,6-9,12-13,17-18,20,37H,2-5,10-11,15-16H2,(H2,36,38,39)/b19-12+/t18?,20-/m0/s1. The Bertz CT molecular complexity index is 1790. The van der Waals surface area contributed by atoms with Gasteiger partial charge in [-0.2, -0.15) is 14.8 Å². The molecule has 4 heterocycles. The van der Waals surface area contributed by atoms with Crippen molar-refractivity contribution in [3.8, 4) is 28.8 Å². The van der Waals surface area contributed by atoms with E-state index in [-0.39, 0.29) is 58.6 Å². The van der Waals surface area contributed by atoms with E-state index < -0.39 is 17.5 Å². The summed E-state index contributed by atoms with van der Waals surface area (Å²) >= 11 is 0. The molecule has 2 atom stereocenters. The Morgan fingerprint density at radius 1 is 1.14 bits per heavy atom. The molecule has 10 nitrogen and oxygen atoms in total. The fourth-order valence-corrected chi connectivity index (χ4v) is 5.80. The highest BCUT2D eigenvalue weighted by molar-refractivity contribution is 5.99. The highest BCUT2D eigenvalue weighted by Crippen LogP contribution is 2.37. The molecule has 0 radical (unpaired) electrons. The fraction of sp³-hybridized carbons (Fsp3) is 0.323. The maximum absolute atomic E-state index is 15.5. The Labute approximate surface area is 250 Å². The van der Waals surface area contributed by atoms with E-state index in [0.29, 0.717) is 30.4 Å². The summed E-state index contributed by atoms with van der Waals surface area (Å²) in [5, 5.41) is 18.1. The molecule has 44 heavy (non-hydrogen) atoms. The fourth-order valence-electron chi connectivity index (χ4n) is 5.80. The number of aromatic nitrogens is 4. The van der Waals surface area contributed by atoms with Crippen LogP contribution < -0.4 is 15.8 Å². The van der Waals surface area contributed by atoms with Gasteiger partial charge >= 0.3 is 0 Å². The number of amides is 1. The molecule has 2 fully saturated rings. The minimum absolute atomic E-state index is 0.0458. The summed E-state index contributed by atoms with van der Waals surface area (Å²) in [5.41, 5.74) is 6.98. The van der Waals surface area contributed by atoms with Gasteiger partial charge in [0.1, 0.15) is 41.0 Å². The first-order chi connectivity index (χ1) is 21.3. The predicted octanol–water partition coefficient (Wildman–Crippen LogP) is 4.90. The molecule has 13 heteroatoms. The maximum atomic E-state index is 15.5. The number of nitrogens with two attached hydrogens (primary N) is 1. The molecule has 1 unspecified atom stereocenters. The van der Waals surface area contributed by atoms with E-state index in [1.165, 1.54) is 30.6 Å². The van der Waals surface area contributed by atoms with Crippen LogP contribution in [0.1, 0.15) is 31.7 Å². The lowest BCUT2D eigenvalue weighted by molar-refractivity contribution is -0.128. The Kier molecular flexibility index (Phi) is 8.17. The lowest BCUT2D eigenvalue weighted by Gasteiger charge is -2.33. The Morgan fingerprint density at radius 2 is 2.00 bits per heavy atom. The van der Waals surface area contributed by atoms with Crippen molar-refractivity contribution in [1.82, 2.24) is 30.0 Å². The lowest BCUT2D eigenvalue weighted by atomic mass is 9.96. The smallest absolute Gasteiger partial charge is 0.264 e. The second-order valence-electron chi connectivity index (χ2n) is 10.9. The number of piperidine rings is 2. The van der Waals surface area contributed by atoms with Gasteiger partial charge in [-0.1, -0.05) is 12.1 Å². The monoisotopic (exact) mass is 602 g/mol. The van der Waals surface area contributed by atoms with E-state index in [1.54, 1.807) is 15.7 Å². The van der Waals surface area contributed by atoms with Crippen LogP contribution in [0.3, 0.4) is 0 Å². The summed E-state index contributed by atoms with van der Waals surface area (Å²) in [6.45, 7) is 2.42. The molecular weight excluding hydrogens is 573 g/mol. The molecule has 226 valence electrons. The van der Waals surface area contributed by atoms with Gasteiger partial charge in [-0.05, 0) is 62.4 Å². The van der Waals surface area contributed by atoms with Crippen LogP contribution >= 0.6 is 0 Å². The molecule has 0 aliphatic carbocycles. The number of nitrogen functional groups attached to an aromatic ring is 1. The molecule has 0 spiro atoms. The number of benzene rings is 2. The third kappa shape index (κ3) is 5.68. The highest BCUT2D eigenvalue weighted by Gasteiger charge is 2.31. The molecule has 0 saturated carbocycles. The van der Waals surface area contributed by atoms with Crippen molar-refractivity contribution in [2.24, 2.45) is 5.92 Å². The van der Waals surface area contributed by atoms with Gasteiger partial charge in [0.15, 0.2) is 17.2 Å². The summed E-state index contributed by atoms with van der Waals surface area (Å²) in [6, 6.07) is 9.09. The Balaban J connectivity index is 1.30. The van der Waals surface area contributed by atoms with Crippen molar-refractivity contribution in [2.75, 3.05) is 31.9 Å². The number of halogens is 3. The highest BCUT2D eigenvalue weighted by atomic mass is 19.2. The molecule has 2 aliphatic rings. The average Bonchev–Trinajstić information content (AvgIpc) is 3.43. The van der Waals surface area contributed by atoms with Gasteiger partial charge in [0.25, 0.3) is 5.91 Å². The minimum Gasteiger partial charge on any atom is -0.454 e. The van der Waals surface area contributed by atoms with E-state index in [4.69, 9.17) is 15.6 Å². The molecule has 3 N–H and O–H groups in total. The number of anilines is 1. The number of nitriles is 1. The molecule has 2 saturated heterocycles. The Morgan fingerprint density at radius 3 is 2.77 bits per heavy atom. The topological polar surface area (TPSA) is 135 Å². The van der Waals surface area contributed by atoms with Crippen molar-refractivity contribution in [1.29, 1.82) is 5.26 Å². The summed E-state index contributed by atoms with van der Waals surface area (Å²) < 4.78 is 50.3. The number of hydrogen-bond donors (Lipinski definition) is 2. The van der Waals surface area contributed by atoms with Crippen molar-refractivity contribution in [3.05, 3.63) is 71.8 Å². The van der Waals surface area contributed by atoms with Gasteiger partial charge in [0.2, 0.25) is 5.82 Å². The first-order valence-electron chi connectivity index (χ1n) is 14.4. The van der Waals surface area contributed by atoms with Crippen LogP contribution in [0.15, 0.2) is 54.4 Å². The number of nitrogens with zero attached hydrogens (tertiary/aromatic N) is 6. The molecule has 1 amide bonds. The number of ether oxygens (including phenoxy) is 1. The van der Waals surface area contributed by atoms with Gasteiger partial charge < -0.3 is 20.7 Å². The van der Waals surface area contributed by atoms with E-state index in [0.717, 1.165) is 38.1 Å². The third-order valence-corrected chi connectivity index (χ3v) is 7.98. The van der Waals surface area contributed by atoms with E-state index in [9.17, 15) is 18.8 Å². The van der Waals surface area contributed by atoms with Crippen molar-refractivity contribution < 1.29 is 22.7 Å². The second kappa shape index (κ2) is 12.3. The zero-order valence-corrected chi connectivity index (χ0v) is 23.6. The molecular formula is C31H29F3N8O2. The van der Waals surface area contributed by atoms with E-state index >= 15 is 4.39 Å². The largest absolute Gasteiger partial charge is 0.454 e. The van der Waals surface area contributed by atoms with Crippen molar-refractivity contribution >= 4 is 22.8 Å². The lowest BCUT2D eigenvalue weighted by Crippen LogP contribution is -2.41. The van der Waals surface area contributed by atoms with Crippen LogP contribution in [0.5, 0.6) is 11.5 Å². The second-order valence-corrected chi connectivity index (χ2v) is 10.9. The van der Waals surface area contributed by atoms with Crippen LogP contribution in [0.25, 0.3) is 22.3 Å². The molecule has 4 aromatic rings. The number of nitrogens with one attached hydrogen (secondary N) is 1. The zero-order chi connectivity index (χ0) is 30.8. The number of fused-ring (bicyclic) bond motifs is 1. The quantitative estimate of drug-likeness (QED) is 0.235. The number of rotatable bonds is 6. The summed E-state index contributed by atoms with van der Waals surface area (Å²) in [6.07, 6.45) is 6.29. The molecule has 2 aliphatic heterocycles. The van der Waals surface area contributed by atoms with Gasteiger partial charge in [-0.3, -0.25) is 4.79 Å². The molecule has 6 rings (SSSR count). The minimum atomic E-state index is -1.19. The van der Waals surface area contributed by atoms with Gasteiger partial charge in [0, 0.05) is 31.3 Å². The molecule has 2 aromatic carbocycles. The summed E-state index contributed by atoms with van der Waals surface area (Å²) in [7, 11) is 0. The number of hydrogen-bond acceptors (Lipinski definition) is 8. The first-order valence-corrected chi connectivity index (χ1v) is 14.4. The number of carbonyl (C=O) groups is 1. The number of likely N-dealkylation sites (tertiary alicyclic amines) is 1. The van der Waals surface area contributed by atoms with Crippen LogP contribution in [0.4, 0.5) is 19.0 Å². The van der Waals surface area contributed by atoms with Crippen LogP contribution in [-0.4, -0.2) is 56.7 Å². The maximum Gasteiger partial charge on any atom is 0.264 e. The predicted molar refractivity (Wildman–Crippen MR) is 156 cm³/mol. The van der Waals surface area contributed by atoms with Crippen LogP contribution in [0.2, 0.25) is 0 Å². The third-order valence-electron chi connectivity index (χ3n) is 7.98. The van der Waals surface area contributed by atoms with E-state index in [2.05, 4.69) is 21.4 Å². The summed E-state index contributed by atoms with van der Waals surface area (Å²) in [4.78, 5) is 23.5.